The van der Waals surface area contributed by atoms with Crippen LogP contribution in [0.15, 0.2) is 59.2 Å². The maximum Gasteiger partial charge on any atom is 0.320 e. The number of carboxylic acid groups (broad SMARTS) is 1. The van der Waals surface area contributed by atoms with Crippen molar-refractivity contribution in [3.8, 4) is 0 Å². The number of para-hydroxylation sites is 1. The number of H-pyrrole nitrogens is 1. The van der Waals surface area contributed by atoms with Crippen LogP contribution in [0.1, 0.15) is 23.2 Å². The van der Waals surface area contributed by atoms with Crippen molar-refractivity contribution >= 4 is 40.3 Å². The van der Waals surface area contributed by atoms with Gasteiger partial charge in [0.05, 0.1) is 11.3 Å². The summed E-state index contributed by atoms with van der Waals surface area (Å²) in [6.07, 6.45) is 3.14. The number of rotatable bonds is 7. The highest BCUT2D eigenvalue weighted by molar-refractivity contribution is 6.27. The van der Waals surface area contributed by atoms with Crippen molar-refractivity contribution < 1.29 is 14.7 Å². The average molecular weight is 417 g/mol. The lowest BCUT2D eigenvalue weighted by atomic mass is 9.98. The van der Waals surface area contributed by atoms with Gasteiger partial charge >= 0.3 is 5.97 Å². The number of aromatic nitrogens is 1. The van der Waals surface area contributed by atoms with E-state index in [0.29, 0.717) is 35.5 Å². The van der Waals surface area contributed by atoms with Crippen LogP contribution in [0, 0.1) is 0 Å². The molecule has 0 fully saturated rings. The predicted molar refractivity (Wildman–Crippen MR) is 120 cm³/mol. The van der Waals surface area contributed by atoms with Gasteiger partial charge in [0.2, 0.25) is 0 Å². The number of carbonyl (C=O) groups is 2. The molecule has 8 heteroatoms. The van der Waals surface area contributed by atoms with Gasteiger partial charge in [0, 0.05) is 28.7 Å². The van der Waals surface area contributed by atoms with E-state index in [1.165, 1.54) is 0 Å². The van der Waals surface area contributed by atoms with E-state index >= 15 is 0 Å². The molecule has 0 radical (unpaired) electrons. The zero-order valence-corrected chi connectivity index (χ0v) is 16.8. The largest absolute Gasteiger partial charge is 0.480 e. The summed E-state index contributed by atoms with van der Waals surface area (Å²) >= 11 is 0. The van der Waals surface area contributed by atoms with E-state index in [2.05, 4.69) is 15.5 Å². The second kappa shape index (κ2) is 8.45. The Kier molecular flexibility index (Phi) is 5.55. The highest BCUT2D eigenvalue weighted by Gasteiger charge is 2.24. The highest BCUT2D eigenvalue weighted by atomic mass is 16.4. The molecule has 3 aromatic rings. The van der Waals surface area contributed by atoms with Crippen LogP contribution < -0.4 is 16.9 Å². The third-order valence-electron chi connectivity index (χ3n) is 5.35. The van der Waals surface area contributed by atoms with Gasteiger partial charge in [-0.15, -0.1) is 0 Å². The molecule has 1 unspecified atom stereocenters. The van der Waals surface area contributed by atoms with E-state index in [1.54, 1.807) is 6.08 Å². The molecule has 8 nitrogen and oxygen atoms in total. The summed E-state index contributed by atoms with van der Waals surface area (Å²) in [7, 11) is 0. The molecule has 31 heavy (non-hydrogen) atoms. The van der Waals surface area contributed by atoms with Crippen LogP contribution in [-0.4, -0.2) is 33.7 Å². The number of benzene rings is 2. The number of amides is 1. The number of carboxylic acids is 1. The number of nitrogens with zero attached hydrogens (tertiary/aromatic N) is 1. The topological polar surface area (TPSA) is 147 Å². The van der Waals surface area contributed by atoms with Gasteiger partial charge in [0.25, 0.3) is 5.91 Å². The normalized spacial score (nSPS) is 15.8. The van der Waals surface area contributed by atoms with E-state index in [0.717, 1.165) is 22.0 Å². The first-order valence-electron chi connectivity index (χ1n) is 9.93. The quantitative estimate of drug-likeness (QED) is 0.295. The Labute approximate surface area is 178 Å². The first kappa shape index (κ1) is 20.4. The number of aryl methyl sites for hydroxylation is 1. The van der Waals surface area contributed by atoms with Gasteiger partial charge in [-0.1, -0.05) is 30.3 Å². The number of hydrogen-bond acceptors (Lipinski definition) is 5. The molecule has 1 aromatic heterocycles. The summed E-state index contributed by atoms with van der Waals surface area (Å²) in [6, 6.07) is 14.1. The molecule has 7 N–H and O–H groups in total. The first-order valence-corrected chi connectivity index (χ1v) is 9.93. The highest BCUT2D eigenvalue weighted by Crippen LogP contribution is 2.27. The first-order chi connectivity index (χ1) is 14.9. The standard InChI is InChI=1S/C23H23N5O3/c24-14-8-5-13(6-9-14)7-10-20-17(22(29)28-27-20)12-21-16(11-18(25)23(30)31)15-3-1-2-4-19(15)26-21/h1-6,8-9,12,18,26H,7,10-11,24-25H2,(H,28,29)(H,30,31)/b17-12-. The molecular formula is C23H23N5O3. The van der Waals surface area contributed by atoms with Gasteiger partial charge in [0.1, 0.15) is 6.04 Å². The average Bonchev–Trinajstić information content (AvgIpc) is 3.28. The van der Waals surface area contributed by atoms with Gasteiger partial charge in [0.15, 0.2) is 0 Å². The van der Waals surface area contributed by atoms with E-state index in [1.807, 2.05) is 48.5 Å². The fourth-order valence-corrected chi connectivity index (χ4v) is 3.67. The molecule has 0 saturated heterocycles. The Bertz CT molecular complexity index is 1210. The predicted octanol–water partition coefficient (Wildman–Crippen LogP) is 2.21. The van der Waals surface area contributed by atoms with Crippen LogP contribution in [-0.2, 0) is 22.4 Å². The van der Waals surface area contributed by atoms with Crippen molar-refractivity contribution in [1.29, 1.82) is 0 Å². The van der Waals surface area contributed by atoms with Crippen LogP contribution in [0.3, 0.4) is 0 Å². The maximum absolute atomic E-state index is 12.5. The minimum atomic E-state index is -1.08. The summed E-state index contributed by atoms with van der Waals surface area (Å²) in [6.45, 7) is 0. The molecule has 2 aromatic carbocycles. The summed E-state index contributed by atoms with van der Waals surface area (Å²) in [5.41, 5.74) is 19.2. The van der Waals surface area contributed by atoms with Crippen LogP contribution in [0.2, 0.25) is 0 Å². The second-order valence-electron chi connectivity index (χ2n) is 7.51. The van der Waals surface area contributed by atoms with Crippen molar-refractivity contribution in [1.82, 2.24) is 10.4 Å². The second-order valence-corrected chi connectivity index (χ2v) is 7.51. The van der Waals surface area contributed by atoms with Gasteiger partial charge in [-0.2, -0.15) is 5.10 Å². The van der Waals surface area contributed by atoms with Crippen molar-refractivity contribution in [3.05, 3.63) is 70.9 Å². The maximum atomic E-state index is 12.5. The number of nitrogens with one attached hydrogen (secondary N) is 2. The molecule has 1 aliphatic rings. The Morgan fingerprint density at radius 1 is 1.13 bits per heavy atom. The van der Waals surface area contributed by atoms with Crippen molar-refractivity contribution in [3.63, 3.8) is 0 Å². The molecule has 0 spiro atoms. The smallest absolute Gasteiger partial charge is 0.320 e. The minimum Gasteiger partial charge on any atom is -0.480 e. The van der Waals surface area contributed by atoms with Crippen LogP contribution in [0.25, 0.3) is 17.0 Å². The van der Waals surface area contributed by atoms with Gasteiger partial charge < -0.3 is 21.6 Å². The molecule has 0 aliphatic carbocycles. The van der Waals surface area contributed by atoms with Gasteiger partial charge in [-0.3, -0.25) is 9.59 Å². The molecule has 0 saturated carbocycles. The van der Waals surface area contributed by atoms with Crippen LogP contribution in [0.5, 0.6) is 0 Å². The van der Waals surface area contributed by atoms with Crippen molar-refractivity contribution in [2.75, 3.05) is 5.73 Å². The number of carbonyl (C=O) groups excluding carboxylic acids is 1. The number of hydrogen-bond donors (Lipinski definition) is 5. The van der Waals surface area contributed by atoms with Crippen LogP contribution >= 0.6 is 0 Å². The minimum absolute atomic E-state index is 0.137. The lowest BCUT2D eigenvalue weighted by Crippen LogP contribution is -2.32. The van der Waals surface area contributed by atoms with Crippen molar-refractivity contribution in [2.45, 2.75) is 25.3 Å². The third kappa shape index (κ3) is 4.34. The lowest BCUT2D eigenvalue weighted by molar-refractivity contribution is -0.138. The van der Waals surface area contributed by atoms with E-state index < -0.39 is 12.0 Å². The molecule has 158 valence electrons. The van der Waals surface area contributed by atoms with Gasteiger partial charge in [-0.25, -0.2) is 5.43 Å². The fraction of sp³-hybridized carbons (Fsp3) is 0.174. The SMILES string of the molecule is Nc1ccc(CCC2=NNC(=O)/C2=C\c2[nH]c3ccccc3c2CC(N)C(=O)O)cc1. The molecule has 1 amide bonds. The number of hydrazone groups is 1. The summed E-state index contributed by atoms with van der Waals surface area (Å²) in [5, 5.41) is 14.3. The van der Waals surface area contributed by atoms with Crippen molar-refractivity contribution in [2.24, 2.45) is 10.8 Å². The molecular weight excluding hydrogens is 394 g/mol. The Hall–Kier alpha value is -3.91. The molecule has 2 heterocycles. The summed E-state index contributed by atoms with van der Waals surface area (Å²) < 4.78 is 0. The number of aliphatic carboxylic acids is 1. The van der Waals surface area contributed by atoms with E-state index in [-0.39, 0.29) is 12.3 Å². The number of aromatic amines is 1. The number of anilines is 1. The van der Waals surface area contributed by atoms with E-state index in [9.17, 15) is 14.7 Å². The zero-order valence-electron chi connectivity index (χ0n) is 16.8. The molecule has 4 rings (SSSR count). The molecule has 1 atom stereocenters. The zero-order chi connectivity index (χ0) is 22.0. The Morgan fingerprint density at radius 2 is 1.87 bits per heavy atom. The lowest BCUT2D eigenvalue weighted by Gasteiger charge is -2.08. The van der Waals surface area contributed by atoms with Crippen LogP contribution in [0.4, 0.5) is 5.69 Å². The fourth-order valence-electron chi connectivity index (χ4n) is 3.67. The number of fused-ring (bicyclic) bond motifs is 1. The van der Waals surface area contributed by atoms with E-state index in [4.69, 9.17) is 11.5 Å². The third-order valence-corrected chi connectivity index (χ3v) is 5.35. The monoisotopic (exact) mass is 417 g/mol. The number of nitrogen functional groups attached to an aromatic ring is 1. The molecule has 1 aliphatic heterocycles. The Balaban J connectivity index is 1.65. The summed E-state index contributed by atoms with van der Waals surface area (Å²) in [4.78, 5) is 27.1. The molecule has 0 bridgehead atoms. The summed E-state index contributed by atoms with van der Waals surface area (Å²) in [5.74, 6) is -1.37. The number of nitrogens with two attached hydrogens (primary N) is 2. The van der Waals surface area contributed by atoms with Gasteiger partial charge in [-0.05, 0) is 48.2 Å². The Morgan fingerprint density at radius 3 is 2.61 bits per heavy atom.